The molecule has 1 amide bonds. The van der Waals surface area contributed by atoms with E-state index < -0.39 is 23.4 Å². The lowest BCUT2D eigenvalue weighted by Crippen LogP contribution is -2.31. The molecule has 0 saturated heterocycles. The maximum atomic E-state index is 13.1. The number of amides is 1. The van der Waals surface area contributed by atoms with Crippen molar-refractivity contribution in [2.45, 2.75) is 25.7 Å². The lowest BCUT2D eigenvalue weighted by Gasteiger charge is -2.21. The normalized spacial score (nSPS) is 15.8. The predicted molar refractivity (Wildman–Crippen MR) is 65.2 cm³/mol. The zero-order valence-corrected chi connectivity index (χ0v) is 10.8. The second kappa shape index (κ2) is 5.63. The van der Waals surface area contributed by atoms with E-state index >= 15 is 0 Å². The van der Waals surface area contributed by atoms with Crippen LogP contribution in [0.5, 0.6) is 0 Å². The summed E-state index contributed by atoms with van der Waals surface area (Å²) >= 11 is 0. The molecule has 0 radical (unpaired) electrons. The zero-order chi connectivity index (χ0) is 14.0. The van der Waals surface area contributed by atoms with E-state index in [1.807, 2.05) is 0 Å². The van der Waals surface area contributed by atoms with Gasteiger partial charge in [0, 0.05) is 19.2 Å². The van der Waals surface area contributed by atoms with Crippen molar-refractivity contribution in [1.29, 1.82) is 0 Å². The van der Waals surface area contributed by atoms with Gasteiger partial charge in [-0.25, -0.2) is 13.2 Å². The molecule has 0 bridgehead atoms. The highest BCUT2D eigenvalue weighted by Gasteiger charge is 2.22. The van der Waals surface area contributed by atoms with Gasteiger partial charge in [-0.2, -0.15) is 0 Å². The molecule has 0 heterocycles. The summed E-state index contributed by atoms with van der Waals surface area (Å²) in [5.74, 6) is -4.25. The third-order valence-corrected chi connectivity index (χ3v) is 3.58. The summed E-state index contributed by atoms with van der Waals surface area (Å²) in [5.41, 5.74) is -0.156. The first-order valence-electron chi connectivity index (χ1n) is 6.39. The summed E-state index contributed by atoms with van der Waals surface area (Å²) in [6.45, 7) is 0.569. The summed E-state index contributed by atoms with van der Waals surface area (Å²) in [5, 5.41) is 0. The molecule has 1 fully saturated rings. The van der Waals surface area contributed by atoms with Gasteiger partial charge in [-0.05, 0) is 30.9 Å². The van der Waals surface area contributed by atoms with Crippen LogP contribution in [0.3, 0.4) is 0 Å². The number of nitrogens with zero attached hydrogens (tertiary/aromatic N) is 1. The van der Waals surface area contributed by atoms with Gasteiger partial charge in [0.25, 0.3) is 5.91 Å². The SMILES string of the molecule is CN(CC1CCCC1)C(=O)c1cc(F)c(F)c(F)c1. The molecular weight excluding hydrogens is 255 g/mol. The van der Waals surface area contributed by atoms with Crippen molar-refractivity contribution in [3.05, 3.63) is 35.1 Å². The van der Waals surface area contributed by atoms with Crippen LogP contribution in [0.4, 0.5) is 13.2 Å². The van der Waals surface area contributed by atoms with E-state index in [1.165, 1.54) is 4.90 Å². The number of carbonyl (C=O) groups excluding carboxylic acids is 1. The summed E-state index contributed by atoms with van der Waals surface area (Å²) in [6.07, 6.45) is 4.46. The largest absolute Gasteiger partial charge is 0.341 e. The number of benzene rings is 1. The molecule has 1 aliphatic rings. The van der Waals surface area contributed by atoms with Gasteiger partial charge in [0.05, 0.1) is 0 Å². The van der Waals surface area contributed by atoms with Gasteiger partial charge in [-0.1, -0.05) is 12.8 Å². The fraction of sp³-hybridized carbons (Fsp3) is 0.500. The van der Waals surface area contributed by atoms with Crippen LogP contribution in [0, 0.1) is 23.4 Å². The Balaban J connectivity index is 2.10. The van der Waals surface area contributed by atoms with Crippen molar-refractivity contribution >= 4 is 5.91 Å². The molecule has 19 heavy (non-hydrogen) atoms. The van der Waals surface area contributed by atoms with E-state index in [-0.39, 0.29) is 5.56 Å². The van der Waals surface area contributed by atoms with Gasteiger partial charge in [-0.15, -0.1) is 0 Å². The standard InChI is InChI=1S/C14H16F3NO/c1-18(8-9-4-2-3-5-9)14(19)10-6-11(15)13(17)12(16)7-10/h6-7,9H,2-5,8H2,1H3. The zero-order valence-electron chi connectivity index (χ0n) is 10.8. The molecule has 0 aliphatic heterocycles. The van der Waals surface area contributed by atoms with Crippen molar-refractivity contribution in [2.75, 3.05) is 13.6 Å². The molecule has 0 atom stereocenters. The fourth-order valence-electron chi connectivity index (χ4n) is 2.56. The minimum atomic E-state index is -1.55. The monoisotopic (exact) mass is 271 g/mol. The Labute approximate surface area is 110 Å². The molecule has 2 rings (SSSR count). The van der Waals surface area contributed by atoms with Crippen molar-refractivity contribution in [3.8, 4) is 0 Å². The van der Waals surface area contributed by atoms with Gasteiger partial charge >= 0.3 is 0 Å². The van der Waals surface area contributed by atoms with Crippen LogP contribution in [0.25, 0.3) is 0 Å². The first kappa shape index (κ1) is 13.9. The third-order valence-electron chi connectivity index (χ3n) is 3.58. The van der Waals surface area contributed by atoms with Gasteiger partial charge in [0.2, 0.25) is 0 Å². The second-order valence-corrected chi connectivity index (χ2v) is 5.09. The molecule has 104 valence electrons. The smallest absolute Gasteiger partial charge is 0.253 e. The van der Waals surface area contributed by atoms with Crippen molar-refractivity contribution < 1.29 is 18.0 Å². The quantitative estimate of drug-likeness (QED) is 0.772. The van der Waals surface area contributed by atoms with Gasteiger partial charge in [0.1, 0.15) is 0 Å². The lowest BCUT2D eigenvalue weighted by molar-refractivity contribution is 0.0772. The maximum absolute atomic E-state index is 13.1. The predicted octanol–water partition coefficient (Wildman–Crippen LogP) is 3.37. The second-order valence-electron chi connectivity index (χ2n) is 5.09. The van der Waals surface area contributed by atoms with Crippen molar-refractivity contribution in [1.82, 2.24) is 4.90 Å². The first-order chi connectivity index (χ1) is 8.99. The van der Waals surface area contributed by atoms with E-state index in [1.54, 1.807) is 7.05 Å². The Morgan fingerprint density at radius 1 is 1.21 bits per heavy atom. The lowest BCUT2D eigenvalue weighted by atomic mass is 10.1. The summed E-state index contributed by atoms with van der Waals surface area (Å²) < 4.78 is 39.0. The fourth-order valence-corrected chi connectivity index (χ4v) is 2.56. The minimum Gasteiger partial charge on any atom is -0.341 e. The Bertz CT molecular complexity index is 461. The Morgan fingerprint density at radius 3 is 2.26 bits per heavy atom. The topological polar surface area (TPSA) is 20.3 Å². The highest BCUT2D eigenvalue weighted by Crippen LogP contribution is 2.25. The number of carbonyl (C=O) groups is 1. The molecule has 0 aromatic heterocycles. The van der Waals surface area contributed by atoms with Crippen molar-refractivity contribution in [2.24, 2.45) is 5.92 Å². The molecule has 0 unspecified atom stereocenters. The molecule has 2 nitrogen and oxygen atoms in total. The van der Waals surface area contributed by atoms with Gasteiger partial charge < -0.3 is 4.90 Å². The molecular formula is C14H16F3NO. The maximum Gasteiger partial charge on any atom is 0.253 e. The van der Waals surface area contributed by atoms with E-state index in [9.17, 15) is 18.0 Å². The summed E-state index contributed by atoms with van der Waals surface area (Å²) in [6, 6.07) is 1.48. The molecule has 1 aromatic carbocycles. The van der Waals surface area contributed by atoms with Crippen LogP contribution < -0.4 is 0 Å². The minimum absolute atomic E-state index is 0.156. The van der Waals surface area contributed by atoms with Crippen LogP contribution in [0.1, 0.15) is 36.0 Å². The van der Waals surface area contributed by atoms with Crippen LogP contribution in [0.15, 0.2) is 12.1 Å². The average Bonchev–Trinajstić information content (AvgIpc) is 2.87. The van der Waals surface area contributed by atoms with Crippen LogP contribution in [-0.2, 0) is 0 Å². The van der Waals surface area contributed by atoms with Crippen LogP contribution >= 0.6 is 0 Å². The Hall–Kier alpha value is -1.52. The van der Waals surface area contributed by atoms with Gasteiger partial charge in [-0.3, -0.25) is 4.79 Å². The van der Waals surface area contributed by atoms with E-state index in [4.69, 9.17) is 0 Å². The highest BCUT2D eigenvalue weighted by atomic mass is 19.2. The molecule has 1 saturated carbocycles. The van der Waals surface area contributed by atoms with Crippen LogP contribution in [-0.4, -0.2) is 24.4 Å². The summed E-state index contributed by atoms with van der Waals surface area (Å²) in [7, 11) is 1.60. The highest BCUT2D eigenvalue weighted by molar-refractivity contribution is 5.94. The van der Waals surface area contributed by atoms with E-state index in [0.29, 0.717) is 12.5 Å². The average molecular weight is 271 g/mol. The van der Waals surface area contributed by atoms with Crippen molar-refractivity contribution in [3.63, 3.8) is 0 Å². The van der Waals surface area contributed by atoms with Crippen LogP contribution in [0.2, 0.25) is 0 Å². The molecule has 1 aliphatic carbocycles. The number of hydrogen-bond acceptors (Lipinski definition) is 1. The summed E-state index contributed by atoms with van der Waals surface area (Å²) in [4.78, 5) is 13.5. The molecule has 0 spiro atoms. The van der Waals surface area contributed by atoms with Gasteiger partial charge in [0.15, 0.2) is 17.5 Å². The Kier molecular flexibility index (Phi) is 4.12. The van der Waals surface area contributed by atoms with E-state index in [2.05, 4.69) is 0 Å². The Morgan fingerprint density at radius 2 is 1.74 bits per heavy atom. The number of hydrogen-bond donors (Lipinski definition) is 0. The molecule has 5 heteroatoms. The molecule has 1 aromatic rings. The first-order valence-corrected chi connectivity index (χ1v) is 6.39. The number of rotatable bonds is 3. The number of halogens is 3. The molecule has 0 N–H and O–H groups in total. The third kappa shape index (κ3) is 3.08. The van der Waals surface area contributed by atoms with E-state index in [0.717, 1.165) is 37.8 Å².